The number of carboxylic acid groups (broad SMARTS) is 2. The van der Waals surface area contributed by atoms with E-state index in [1.54, 1.807) is 38.5 Å². The highest BCUT2D eigenvalue weighted by Crippen LogP contribution is 2.32. The van der Waals surface area contributed by atoms with E-state index in [0.717, 1.165) is 35.5 Å². The molecule has 8 aromatic rings. The van der Waals surface area contributed by atoms with Crippen LogP contribution in [0.5, 0.6) is 23.0 Å². The maximum Gasteiger partial charge on any atom is 0.328 e. The molecule has 0 spiro atoms. The van der Waals surface area contributed by atoms with Crippen molar-refractivity contribution in [3.63, 3.8) is 0 Å². The highest BCUT2D eigenvalue weighted by Gasteiger charge is 2.23. The van der Waals surface area contributed by atoms with E-state index >= 15 is 0 Å². The first kappa shape index (κ1) is 65.6. The molecule has 6 N–H and O–H groups in total. The summed E-state index contributed by atoms with van der Waals surface area (Å²) in [5.74, 6) is 0.254. The van der Waals surface area contributed by atoms with Gasteiger partial charge in [-0.15, -0.1) is 0 Å². The predicted octanol–water partition coefficient (Wildman–Crippen LogP) is 11.7. The molecule has 16 nitrogen and oxygen atoms in total. The Labute approximate surface area is 503 Å². The number of carbonyl (C=O) groups excluding carboxylic acids is 2. The molecule has 0 aliphatic rings. The number of carboxylic acids is 2. The quantitative estimate of drug-likeness (QED) is 0.0182. The smallest absolute Gasteiger partial charge is 0.328 e. The number of ether oxygens (including phenoxy) is 4. The number of aliphatic carboxylic acids is 2. The van der Waals surface area contributed by atoms with E-state index < -0.39 is 24.1 Å². The molecule has 16 heteroatoms. The molecule has 8 rings (SSSR count). The van der Waals surface area contributed by atoms with Crippen molar-refractivity contribution < 1.29 is 58.6 Å². The fourth-order valence-corrected chi connectivity index (χ4v) is 9.28. The highest BCUT2D eigenvalue weighted by atomic mass is 16.5. The van der Waals surface area contributed by atoms with Crippen molar-refractivity contribution in [1.29, 1.82) is 0 Å². The molecule has 0 aromatic heterocycles. The fraction of sp³-hybridized carbons (Fsp3) is 0.229. The van der Waals surface area contributed by atoms with Gasteiger partial charge in [-0.3, -0.25) is 19.4 Å². The minimum Gasteiger partial charge on any atom is -0.497 e. The standard InChI is InChI=1S/2C33H36N2O4.C4H4O4/c2*1-25(19-26-13-16-30(38-2)17-14-26)35(21-27-9-5-3-6-10-27)22-32(37)29-15-18-33(31(20-29)34-24-36)39-23-28-11-7-4-8-12-28;5-3(6)1-2-4(7)8/h2*3-18,20,24-25,32,37H,19,21-23H2,1-2H3,(H,34,36);1-2H,(H,5,6)(H,7,8)/b;;2-1+/t2*25-,32-;/m10./s1. The highest BCUT2D eigenvalue weighted by molar-refractivity contribution is 5.89. The number of nitrogens with one attached hydrogen (secondary N) is 2. The van der Waals surface area contributed by atoms with Gasteiger partial charge in [0.15, 0.2) is 0 Å². The number of rotatable bonds is 30. The zero-order valence-corrected chi connectivity index (χ0v) is 48.9. The third-order valence-corrected chi connectivity index (χ3v) is 13.9. The van der Waals surface area contributed by atoms with E-state index in [1.807, 2.05) is 133 Å². The molecule has 0 aliphatic carbocycles. The van der Waals surface area contributed by atoms with Gasteiger partial charge < -0.3 is 50.0 Å². The summed E-state index contributed by atoms with van der Waals surface area (Å²) >= 11 is 0. The summed E-state index contributed by atoms with van der Waals surface area (Å²) in [5, 5.41) is 43.7. The molecule has 0 bridgehead atoms. The van der Waals surface area contributed by atoms with Crippen molar-refractivity contribution in [1.82, 2.24) is 9.80 Å². The van der Waals surface area contributed by atoms with Gasteiger partial charge in [-0.05, 0) is 120 Å². The number of aliphatic hydroxyl groups is 2. The molecule has 86 heavy (non-hydrogen) atoms. The number of amides is 2. The Morgan fingerprint density at radius 3 is 1.08 bits per heavy atom. The fourth-order valence-electron chi connectivity index (χ4n) is 9.28. The molecule has 0 fully saturated rings. The lowest BCUT2D eigenvalue weighted by atomic mass is 10.0. The third kappa shape index (κ3) is 22.5. The number of anilines is 2. The van der Waals surface area contributed by atoms with Gasteiger partial charge in [0, 0.05) is 50.4 Å². The summed E-state index contributed by atoms with van der Waals surface area (Å²) in [7, 11) is 3.33. The maximum atomic E-state index is 11.3. The van der Waals surface area contributed by atoms with Crippen LogP contribution in [0.15, 0.2) is 218 Å². The Kier molecular flexibility index (Phi) is 27.1. The largest absolute Gasteiger partial charge is 0.497 e. The number of nitrogens with zero attached hydrogens (tertiary/aromatic N) is 2. The molecule has 4 atom stereocenters. The summed E-state index contributed by atoms with van der Waals surface area (Å²) in [6, 6.07) is 67.7. The van der Waals surface area contributed by atoms with Crippen LogP contribution >= 0.6 is 0 Å². The number of aliphatic hydroxyl groups excluding tert-OH is 2. The first-order valence-electron chi connectivity index (χ1n) is 28.1. The molecular weight excluding hydrogens is 1090 g/mol. The van der Waals surface area contributed by atoms with E-state index in [-0.39, 0.29) is 12.1 Å². The van der Waals surface area contributed by atoms with E-state index in [4.69, 9.17) is 29.2 Å². The number of hydrogen-bond donors (Lipinski definition) is 6. The van der Waals surface area contributed by atoms with E-state index in [1.165, 1.54) is 22.3 Å². The van der Waals surface area contributed by atoms with Gasteiger partial charge >= 0.3 is 11.9 Å². The van der Waals surface area contributed by atoms with Crippen LogP contribution in [0.3, 0.4) is 0 Å². The van der Waals surface area contributed by atoms with Crippen molar-refractivity contribution in [2.24, 2.45) is 0 Å². The van der Waals surface area contributed by atoms with E-state index in [2.05, 4.69) is 82.8 Å². The Hall–Kier alpha value is -9.58. The monoisotopic (exact) mass is 1160 g/mol. The van der Waals surface area contributed by atoms with Crippen LogP contribution in [0.4, 0.5) is 11.4 Å². The van der Waals surface area contributed by atoms with Crippen LogP contribution < -0.4 is 29.6 Å². The lowest BCUT2D eigenvalue weighted by molar-refractivity contribution is -0.134. The Balaban J connectivity index is 0.000000244. The van der Waals surface area contributed by atoms with Crippen LogP contribution in [0.1, 0.15) is 70.6 Å². The lowest BCUT2D eigenvalue weighted by Gasteiger charge is -2.31. The van der Waals surface area contributed by atoms with Gasteiger partial charge in [0.2, 0.25) is 12.8 Å². The van der Waals surface area contributed by atoms with Crippen LogP contribution in [0, 0.1) is 0 Å². The van der Waals surface area contributed by atoms with Gasteiger partial charge in [0.25, 0.3) is 0 Å². The van der Waals surface area contributed by atoms with Crippen LogP contribution in [0.25, 0.3) is 0 Å². The SMILES string of the molecule is COc1ccc(C[C@@H](C)N(Cc2ccccc2)C[C@@H](O)c2ccc(OCc3ccccc3)c(NC=O)c2)cc1.COc1ccc(C[C@H](C)N(Cc2ccccc2)C[C@H](O)c2ccc(OCc3ccccc3)c(NC=O)c2)cc1.O=C(O)/C=C/C(=O)O. The van der Waals surface area contributed by atoms with Gasteiger partial charge in [-0.2, -0.15) is 0 Å². The summed E-state index contributed by atoms with van der Waals surface area (Å²) in [5.41, 5.74) is 9.29. The van der Waals surface area contributed by atoms with Crippen molar-refractivity contribution >= 4 is 36.1 Å². The van der Waals surface area contributed by atoms with Crippen molar-refractivity contribution in [3.8, 4) is 23.0 Å². The van der Waals surface area contributed by atoms with Gasteiger partial charge in [0.1, 0.15) is 36.2 Å². The van der Waals surface area contributed by atoms with E-state index in [0.29, 0.717) is 98.4 Å². The first-order chi connectivity index (χ1) is 41.7. The van der Waals surface area contributed by atoms with Crippen molar-refractivity contribution in [2.75, 3.05) is 37.9 Å². The lowest BCUT2D eigenvalue weighted by Crippen LogP contribution is -2.37. The van der Waals surface area contributed by atoms with Gasteiger partial charge in [-0.1, -0.05) is 158 Å². The summed E-state index contributed by atoms with van der Waals surface area (Å²) < 4.78 is 22.5. The van der Waals surface area contributed by atoms with Crippen LogP contribution in [-0.4, -0.2) is 94.4 Å². The zero-order valence-electron chi connectivity index (χ0n) is 48.9. The molecular formula is C70H76N4O12. The molecule has 0 radical (unpaired) electrons. The topological polar surface area (TPSA) is 217 Å². The second-order valence-electron chi connectivity index (χ2n) is 20.3. The van der Waals surface area contributed by atoms with Crippen LogP contribution in [-0.2, 0) is 58.3 Å². The molecule has 0 aliphatic heterocycles. The van der Waals surface area contributed by atoms with Gasteiger partial charge in [0.05, 0.1) is 37.8 Å². The molecule has 0 heterocycles. The Morgan fingerprint density at radius 2 is 0.779 bits per heavy atom. The Morgan fingerprint density at radius 1 is 0.453 bits per heavy atom. The molecule has 8 aromatic carbocycles. The van der Waals surface area contributed by atoms with Crippen molar-refractivity contribution in [2.45, 2.75) is 77.3 Å². The second-order valence-corrected chi connectivity index (χ2v) is 20.3. The zero-order chi connectivity index (χ0) is 61.5. The summed E-state index contributed by atoms with van der Waals surface area (Å²) in [6.07, 6.45) is 2.50. The molecule has 0 saturated carbocycles. The summed E-state index contributed by atoms with van der Waals surface area (Å²) in [6.45, 7) is 7.38. The molecule has 2 amide bonds. The summed E-state index contributed by atoms with van der Waals surface area (Å²) in [4.78, 5) is 46.3. The average Bonchev–Trinajstić information content (AvgIpc) is 3.65. The van der Waals surface area contributed by atoms with E-state index in [9.17, 15) is 29.4 Å². The average molecular weight is 1170 g/mol. The number of carbonyl (C=O) groups is 4. The number of methoxy groups -OCH3 is 2. The third-order valence-electron chi connectivity index (χ3n) is 13.9. The molecule has 448 valence electrons. The first-order valence-corrected chi connectivity index (χ1v) is 28.1. The number of benzene rings is 8. The number of hydrogen-bond acceptors (Lipinski definition) is 12. The maximum absolute atomic E-state index is 11.3. The second kappa shape index (κ2) is 35.5. The van der Waals surface area contributed by atoms with Gasteiger partial charge in [-0.25, -0.2) is 9.59 Å². The van der Waals surface area contributed by atoms with Crippen molar-refractivity contribution in [3.05, 3.63) is 263 Å². The minimum atomic E-state index is -1.26. The van der Waals surface area contributed by atoms with Crippen LogP contribution in [0.2, 0.25) is 0 Å². The normalized spacial score (nSPS) is 12.2. The molecule has 0 unspecified atom stereocenters. The minimum absolute atomic E-state index is 0.161. The predicted molar refractivity (Wildman–Crippen MR) is 334 cm³/mol. The Bertz CT molecular complexity index is 3100. The molecule has 0 saturated heterocycles.